The van der Waals surface area contributed by atoms with Crippen LogP contribution in [0.4, 0.5) is 11.9 Å². The predicted molar refractivity (Wildman–Crippen MR) is 62.2 cm³/mol. The van der Waals surface area contributed by atoms with Crippen LogP contribution in [-0.2, 0) is 6.42 Å². The van der Waals surface area contributed by atoms with Crippen molar-refractivity contribution in [2.45, 2.75) is 12.3 Å². The van der Waals surface area contributed by atoms with Crippen LogP contribution in [-0.4, -0.2) is 21.7 Å². The Morgan fingerprint density at radius 2 is 2.31 bits per heavy atom. The first-order chi connectivity index (χ1) is 7.83. The van der Waals surface area contributed by atoms with Crippen LogP contribution >= 0.6 is 0 Å². The van der Waals surface area contributed by atoms with Crippen molar-refractivity contribution < 1.29 is 0 Å². The average molecular weight is 215 g/mol. The highest BCUT2D eigenvalue weighted by atomic mass is 15.3. The summed E-state index contributed by atoms with van der Waals surface area (Å²) in [5.74, 6) is 1.48. The molecule has 2 aromatic rings. The van der Waals surface area contributed by atoms with Crippen molar-refractivity contribution in [1.29, 1.82) is 0 Å². The molecule has 3 rings (SSSR count). The van der Waals surface area contributed by atoms with E-state index in [9.17, 15) is 0 Å². The number of H-pyrrole nitrogens is 1. The van der Waals surface area contributed by atoms with Crippen molar-refractivity contribution in [3.63, 3.8) is 0 Å². The summed E-state index contributed by atoms with van der Waals surface area (Å²) in [6.07, 6.45) is 1.13. The molecule has 1 aromatic heterocycles. The number of nitrogens with one attached hydrogen (secondary N) is 2. The van der Waals surface area contributed by atoms with E-state index in [0.717, 1.165) is 13.0 Å². The number of fused-ring (bicyclic) bond motifs is 1. The number of nitrogens with zero attached hydrogens (tertiary/aromatic N) is 2. The SMILES string of the molecule is Nc1nc(NCC2Cc3ccccc32)n[nH]1. The number of benzene rings is 1. The van der Waals surface area contributed by atoms with Crippen LogP contribution in [0, 0.1) is 0 Å². The Hall–Kier alpha value is -2.04. The van der Waals surface area contributed by atoms with Crippen LogP contribution in [0.15, 0.2) is 24.3 Å². The lowest BCUT2D eigenvalue weighted by Crippen LogP contribution is -2.24. The van der Waals surface area contributed by atoms with E-state index in [1.165, 1.54) is 11.1 Å². The van der Waals surface area contributed by atoms with Crippen LogP contribution in [0.3, 0.4) is 0 Å². The number of hydrogen-bond donors (Lipinski definition) is 3. The minimum Gasteiger partial charge on any atom is -0.368 e. The lowest BCUT2D eigenvalue weighted by atomic mass is 9.78. The van der Waals surface area contributed by atoms with Gasteiger partial charge in [0.15, 0.2) is 0 Å². The van der Waals surface area contributed by atoms with Gasteiger partial charge in [0.2, 0.25) is 11.9 Å². The molecular formula is C11H13N5. The molecule has 0 amide bonds. The third-order valence-corrected chi connectivity index (χ3v) is 2.97. The molecule has 1 aliphatic carbocycles. The Balaban J connectivity index is 1.63. The van der Waals surface area contributed by atoms with Gasteiger partial charge in [0, 0.05) is 12.5 Å². The van der Waals surface area contributed by atoms with Gasteiger partial charge in [-0.05, 0) is 17.5 Å². The number of hydrogen-bond acceptors (Lipinski definition) is 4. The number of aromatic nitrogens is 3. The minimum absolute atomic E-state index is 0.344. The maximum absolute atomic E-state index is 5.44. The molecule has 0 radical (unpaired) electrons. The fourth-order valence-corrected chi connectivity index (χ4v) is 2.11. The van der Waals surface area contributed by atoms with Crippen LogP contribution < -0.4 is 11.1 Å². The van der Waals surface area contributed by atoms with Gasteiger partial charge in [-0.25, -0.2) is 5.10 Å². The van der Waals surface area contributed by atoms with E-state index in [-0.39, 0.29) is 0 Å². The molecule has 1 aromatic carbocycles. The van der Waals surface area contributed by atoms with Crippen molar-refractivity contribution >= 4 is 11.9 Å². The van der Waals surface area contributed by atoms with E-state index < -0.39 is 0 Å². The normalized spacial score (nSPS) is 17.6. The molecule has 1 unspecified atom stereocenters. The second-order valence-electron chi connectivity index (χ2n) is 4.03. The first-order valence-electron chi connectivity index (χ1n) is 5.32. The Labute approximate surface area is 93.1 Å². The summed E-state index contributed by atoms with van der Waals surface area (Å²) < 4.78 is 0. The molecule has 5 nitrogen and oxygen atoms in total. The van der Waals surface area contributed by atoms with Gasteiger partial charge in [0.05, 0.1) is 0 Å². The first kappa shape index (κ1) is 9.21. The zero-order chi connectivity index (χ0) is 11.0. The molecule has 1 heterocycles. The summed E-state index contributed by atoms with van der Waals surface area (Å²) in [6.45, 7) is 0.855. The topological polar surface area (TPSA) is 79.6 Å². The Morgan fingerprint density at radius 3 is 3.06 bits per heavy atom. The summed E-state index contributed by atoms with van der Waals surface area (Å²) in [6, 6.07) is 8.52. The van der Waals surface area contributed by atoms with Crippen LogP contribution in [0.1, 0.15) is 17.0 Å². The largest absolute Gasteiger partial charge is 0.368 e. The summed E-state index contributed by atoms with van der Waals surface area (Å²) in [4.78, 5) is 4.00. The standard InChI is InChI=1S/C11H13N5/c12-10-14-11(16-15-10)13-6-8-5-7-3-1-2-4-9(7)8/h1-4,8H,5-6H2,(H4,12,13,14,15,16). The quantitative estimate of drug-likeness (QED) is 0.717. The summed E-state index contributed by atoms with van der Waals surface area (Å²) in [7, 11) is 0. The molecule has 4 N–H and O–H groups in total. The number of aromatic amines is 1. The molecule has 1 atom stereocenters. The van der Waals surface area contributed by atoms with Gasteiger partial charge in [0.1, 0.15) is 0 Å². The Morgan fingerprint density at radius 1 is 1.44 bits per heavy atom. The third-order valence-electron chi connectivity index (χ3n) is 2.97. The maximum Gasteiger partial charge on any atom is 0.243 e. The highest BCUT2D eigenvalue weighted by Gasteiger charge is 2.25. The Bertz CT molecular complexity index is 505. The van der Waals surface area contributed by atoms with Crippen LogP contribution in [0.25, 0.3) is 0 Å². The number of rotatable bonds is 3. The van der Waals surface area contributed by atoms with E-state index in [0.29, 0.717) is 17.8 Å². The minimum atomic E-state index is 0.344. The molecule has 0 saturated carbocycles. The molecular weight excluding hydrogens is 202 g/mol. The van der Waals surface area contributed by atoms with Gasteiger partial charge in [-0.1, -0.05) is 24.3 Å². The van der Waals surface area contributed by atoms with Crippen LogP contribution in [0.5, 0.6) is 0 Å². The van der Waals surface area contributed by atoms with E-state index in [1.54, 1.807) is 0 Å². The summed E-state index contributed by atoms with van der Waals surface area (Å²) in [5.41, 5.74) is 8.32. The van der Waals surface area contributed by atoms with Crippen molar-refractivity contribution in [2.75, 3.05) is 17.6 Å². The van der Waals surface area contributed by atoms with E-state index in [4.69, 9.17) is 5.73 Å². The highest BCUT2D eigenvalue weighted by molar-refractivity contribution is 5.42. The summed E-state index contributed by atoms with van der Waals surface area (Å²) >= 11 is 0. The first-order valence-corrected chi connectivity index (χ1v) is 5.32. The fraction of sp³-hybridized carbons (Fsp3) is 0.273. The van der Waals surface area contributed by atoms with Crippen molar-refractivity contribution in [3.05, 3.63) is 35.4 Å². The molecule has 0 saturated heterocycles. The van der Waals surface area contributed by atoms with E-state index in [2.05, 4.69) is 44.8 Å². The molecule has 0 bridgehead atoms. The second-order valence-corrected chi connectivity index (χ2v) is 4.03. The van der Waals surface area contributed by atoms with Crippen molar-refractivity contribution in [1.82, 2.24) is 15.2 Å². The monoisotopic (exact) mass is 215 g/mol. The number of nitrogen functional groups attached to an aromatic ring is 1. The fourth-order valence-electron chi connectivity index (χ4n) is 2.11. The van der Waals surface area contributed by atoms with Gasteiger partial charge < -0.3 is 11.1 Å². The van der Waals surface area contributed by atoms with Crippen LogP contribution in [0.2, 0.25) is 0 Å². The second kappa shape index (κ2) is 3.52. The van der Waals surface area contributed by atoms with Gasteiger partial charge in [-0.3, -0.25) is 0 Å². The zero-order valence-electron chi connectivity index (χ0n) is 8.77. The van der Waals surface area contributed by atoms with Crippen molar-refractivity contribution in [3.8, 4) is 0 Å². The molecule has 5 heteroatoms. The molecule has 0 aliphatic heterocycles. The summed E-state index contributed by atoms with van der Waals surface area (Å²) in [5, 5.41) is 9.71. The molecule has 0 fully saturated rings. The molecule has 1 aliphatic rings. The molecule has 0 spiro atoms. The Kier molecular flexibility index (Phi) is 2.02. The van der Waals surface area contributed by atoms with Gasteiger partial charge in [0.25, 0.3) is 0 Å². The van der Waals surface area contributed by atoms with Gasteiger partial charge >= 0.3 is 0 Å². The average Bonchev–Trinajstić information content (AvgIpc) is 2.66. The third kappa shape index (κ3) is 1.50. The number of anilines is 2. The molecule has 16 heavy (non-hydrogen) atoms. The smallest absolute Gasteiger partial charge is 0.243 e. The highest BCUT2D eigenvalue weighted by Crippen LogP contribution is 2.34. The van der Waals surface area contributed by atoms with E-state index in [1.807, 2.05) is 0 Å². The maximum atomic E-state index is 5.44. The lowest BCUT2D eigenvalue weighted by molar-refractivity contribution is 0.633. The van der Waals surface area contributed by atoms with Gasteiger partial charge in [-0.2, -0.15) is 4.98 Å². The number of nitrogens with two attached hydrogens (primary N) is 1. The zero-order valence-corrected chi connectivity index (χ0v) is 8.77. The lowest BCUT2D eigenvalue weighted by Gasteiger charge is -2.29. The molecule has 82 valence electrons. The van der Waals surface area contributed by atoms with Gasteiger partial charge in [-0.15, -0.1) is 5.10 Å². The predicted octanol–water partition coefficient (Wildman–Crippen LogP) is 1.14. The van der Waals surface area contributed by atoms with Crippen molar-refractivity contribution in [2.24, 2.45) is 0 Å². The van der Waals surface area contributed by atoms with E-state index >= 15 is 0 Å².